The molecule has 2 N–H and O–H groups in total. The van der Waals surface area contributed by atoms with Crippen LogP contribution in [0.3, 0.4) is 0 Å². The fraction of sp³-hybridized carbons (Fsp3) is 0.600. The van der Waals surface area contributed by atoms with Gasteiger partial charge in [-0.15, -0.1) is 0 Å². The molecule has 1 aromatic carbocycles. The van der Waals surface area contributed by atoms with E-state index in [1.807, 2.05) is 0 Å². The molecule has 90 valence electrons. The van der Waals surface area contributed by atoms with Gasteiger partial charge in [0.05, 0.1) is 0 Å². The van der Waals surface area contributed by atoms with Crippen LogP contribution in [0.15, 0.2) is 18.2 Å². The van der Waals surface area contributed by atoms with Crippen LogP contribution < -0.4 is 5.73 Å². The Labute approximate surface area is 100 Å². The predicted octanol–water partition coefficient (Wildman–Crippen LogP) is 3.61. The monoisotopic (exact) mass is 219 g/mol. The average molecular weight is 219 g/mol. The minimum absolute atomic E-state index is 0.352. The third-order valence-electron chi connectivity index (χ3n) is 3.34. The first-order valence-electron chi connectivity index (χ1n) is 6.32. The van der Waals surface area contributed by atoms with Crippen molar-refractivity contribution in [2.75, 3.05) is 0 Å². The molecular weight excluding hydrogens is 194 g/mol. The van der Waals surface area contributed by atoms with E-state index in [4.69, 9.17) is 5.73 Å². The molecule has 0 amide bonds. The number of rotatable bonds is 5. The molecule has 0 bridgehead atoms. The Bertz CT molecular complexity index is 328. The van der Waals surface area contributed by atoms with Crippen molar-refractivity contribution in [3.8, 4) is 0 Å². The van der Waals surface area contributed by atoms with E-state index >= 15 is 0 Å². The second-order valence-electron chi connectivity index (χ2n) is 5.23. The van der Waals surface area contributed by atoms with Crippen LogP contribution in [0.2, 0.25) is 0 Å². The van der Waals surface area contributed by atoms with Gasteiger partial charge in [-0.1, -0.05) is 37.6 Å². The van der Waals surface area contributed by atoms with Crippen molar-refractivity contribution in [1.29, 1.82) is 0 Å². The van der Waals surface area contributed by atoms with Gasteiger partial charge in [-0.25, -0.2) is 0 Å². The van der Waals surface area contributed by atoms with Crippen LogP contribution in [0.1, 0.15) is 43.4 Å². The highest BCUT2D eigenvalue weighted by atomic mass is 14.6. The van der Waals surface area contributed by atoms with Crippen molar-refractivity contribution in [2.24, 2.45) is 11.7 Å². The largest absolute Gasteiger partial charge is 0.327 e. The Balaban J connectivity index is 2.45. The summed E-state index contributed by atoms with van der Waals surface area (Å²) in [6, 6.07) is 7.05. The molecule has 0 saturated heterocycles. The maximum Gasteiger partial charge on any atom is 0.00620 e. The summed E-state index contributed by atoms with van der Waals surface area (Å²) in [6.45, 7) is 8.74. The molecule has 0 radical (unpaired) electrons. The summed E-state index contributed by atoms with van der Waals surface area (Å²) < 4.78 is 0. The van der Waals surface area contributed by atoms with Crippen LogP contribution in [-0.2, 0) is 6.42 Å². The quantitative estimate of drug-likeness (QED) is 0.804. The molecule has 1 rings (SSSR count). The van der Waals surface area contributed by atoms with Crippen LogP contribution in [0.4, 0.5) is 0 Å². The summed E-state index contributed by atoms with van der Waals surface area (Å²) in [5.74, 6) is 0.596. The van der Waals surface area contributed by atoms with Crippen LogP contribution >= 0.6 is 0 Å². The Hall–Kier alpha value is -0.820. The lowest BCUT2D eigenvalue weighted by atomic mass is 9.95. The van der Waals surface area contributed by atoms with Gasteiger partial charge in [-0.05, 0) is 50.2 Å². The van der Waals surface area contributed by atoms with E-state index in [0.717, 1.165) is 12.8 Å². The molecule has 16 heavy (non-hydrogen) atoms. The fourth-order valence-electron chi connectivity index (χ4n) is 1.93. The minimum Gasteiger partial charge on any atom is -0.327 e. The Morgan fingerprint density at radius 1 is 1.19 bits per heavy atom. The molecule has 0 aliphatic carbocycles. The van der Waals surface area contributed by atoms with Crippen molar-refractivity contribution in [3.63, 3.8) is 0 Å². The van der Waals surface area contributed by atoms with Crippen LogP contribution in [-0.4, -0.2) is 6.04 Å². The maximum absolute atomic E-state index is 6.05. The Morgan fingerprint density at radius 2 is 1.88 bits per heavy atom. The van der Waals surface area contributed by atoms with Gasteiger partial charge in [0.1, 0.15) is 0 Å². The van der Waals surface area contributed by atoms with E-state index < -0.39 is 0 Å². The second kappa shape index (κ2) is 6.05. The summed E-state index contributed by atoms with van der Waals surface area (Å²) >= 11 is 0. The molecule has 0 aliphatic rings. The molecule has 1 atom stereocenters. The number of nitrogens with two attached hydrogens (primary N) is 1. The zero-order valence-electron chi connectivity index (χ0n) is 11.1. The zero-order chi connectivity index (χ0) is 12.1. The first-order chi connectivity index (χ1) is 7.50. The molecule has 1 unspecified atom stereocenters. The van der Waals surface area contributed by atoms with Gasteiger partial charge in [0, 0.05) is 6.04 Å². The highest BCUT2D eigenvalue weighted by molar-refractivity contribution is 5.30. The van der Waals surface area contributed by atoms with Crippen molar-refractivity contribution in [3.05, 3.63) is 34.9 Å². The first-order valence-corrected chi connectivity index (χ1v) is 6.32. The van der Waals surface area contributed by atoms with E-state index in [0.29, 0.717) is 12.0 Å². The van der Waals surface area contributed by atoms with Gasteiger partial charge in [0.25, 0.3) is 0 Å². The normalized spacial score (nSPS) is 13.1. The molecule has 0 fully saturated rings. The molecular formula is C15H25N. The molecule has 1 nitrogen and oxygen atoms in total. The third kappa shape index (κ3) is 3.97. The Morgan fingerprint density at radius 3 is 2.50 bits per heavy atom. The van der Waals surface area contributed by atoms with Crippen molar-refractivity contribution in [2.45, 2.75) is 53.0 Å². The van der Waals surface area contributed by atoms with E-state index in [9.17, 15) is 0 Å². The second-order valence-corrected chi connectivity index (χ2v) is 5.23. The topological polar surface area (TPSA) is 26.0 Å². The lowest BCUT2D eigenvalue weighted by molar-refractivity contribution is 0.452. The van der Waals surface area contributed by atoms with Crippen molar-refractivity contribution in [1.82, 2.24) is 0 Å². The molecule has 0 aliphatic heterocycles. The highest BCUT2D eigenvalue weighted by Crippen LogP contribution is 2.15. The SMILES string of the molecule is Cc1ccc(C)c(CCCC(N)C(C)C)c1. The zero-order valence-corrected chi connectivity index (χ0v) is 11.1. The van der Waals surface area contributed by atoms with Crippen LogP contribution in [0.5, 0.6) is 0 Å². The summed E-state index contributed by atoms with van der Waals surface area (Å²) in [7, 11) is 0. The van der Waals surface area contributed by atoms with Gasteiger partial charge in [0.15, 0.2) is 0 Å². The number of hydrogen-bond donors (Lipinski definition) is 1. The standard InChI is InChI=1S/C15H25N/c1-11(2)15(16)7-5-6-14-10-12(3)8-9-13(14)4/h8-11,15H,5-7,16H2,1-4H3. The summed E-state index contributed by atoms with van der Waals surface area (Å²) in [5, 5.41) is 0. The predicted molar refractivity (Wildman–Crippen MR) is 71.7 cm³/mol. The number of hydrogen-bond acceptors (Lipinski definition) is 1. The molecule has 1 heteroatoms. The van der Waals surface area contributed by atoms with Crippen molar-refractivity contribution >= 4 is 0 Å². The first kappa shape index (κ1) is 13.2. The smallest absolute Gasteiger partial charge is 0.00620 e. The lowest BCUT2D eigenvalue weighted by Crippen LogP contribution is -2.26. The summed E-state index contributed by atoms with van der Waals surface area (Å²) in [5.41, 5.74) is 10.3. The van der Waals surface area contributed by atoms with E-state index in [2.05, 4.69) is 45.9 Å². The van der Waals surface area contributed by atoms with E-state index in [1.165, 1.54) is 23.1 Å². The molecule has 0 saturated carbocycles. The lowest BCUT2D eigenvalue weighted by Gasteiger charge is -2.15. The third-order valence-corrected chi connectivity index (χ3v) is 3.34. The molecule has 1 aromatic rings. The van der Waals surface area contributed by atoms with Crippen LogP contribution in [0, 0.1) is 19.8 Å². The molecule has 0 aromatic heterocycles. The highest BCUT2D eigenvalue weighted by Gasteiger charge is 2.07. The van der Waals surface area contributed by atoms with Gasteiger partial charge < -0.3 is 5.73 Å². The Kier molecular flexibility index (Phi) is 5.01. The van der Waals surface area contributed by atoms with Gasteiger partial charge in [0.2, 0.25) is 0 Å². The maximum atomic E-state index is 6.05. The average Bonchev–Trinajstić information content (AvgIpc) is 2.22. The summed E-state index contributed by atoms with van der Waals surface area (Å²) in [4.78, 5) is 0. The number of aryl methyl sites for hydroxylation is 3. The fourth-order valence-corrected chi connectivity index (χ4v) is 1.93. The minimum atomic E-state index is 0.352. The molecule has 0 spiro atoms. The van der Waals surface area contributed by atoms with Crippen LogP contribution in [0.25, 0.3) is 0 Å². The van der Waals surface area contributed by atoms with E-state index in [-0.39, 0.29) is 0 Å². The molecule has 0 heterocycles. The van der Waals surface area contributed by atoms with Crippen molar-refractivity contribution < 1.29 is 0 Å². The van der Waals surface area contributed by atoms with E-state index in [1.54, 1.807) is 0 Å². The van der Waals surface area contributed by atoms with Gasteiger partial charge in [-0.3, -0.25) is 0 Å². The van der Waals surface area contributed by atoms with Gasteiger partial charge >= 0.3 is 0 Å². The summed E-state index contributed by atoms with van der Waals surface area (Å²) in [6.07, 6.45) is 3.49. The van der Waals surface area contributed by atoms with Gasteiger partial charge in [-0.2, -0.15) is 0 Å². The number of benzene rings is 1.